The second-order valence-electron chi connectivity index (χ2n) is 3.75. The third kappa shape index (κ3) is 4.22. The summed E-state index contributed by atoms with van der Waals surface area (Å²) in [6, 6.07) is 3.61. The number of rotatable bonds is 6. The van der Waals surface area contributed by atoms with Gasteiger partial charge >= 0.3 is 5.97 Å². The number of hydrogen-bond donors (Lipinski definition) is 3. The Bertz CT molecular complexity index is 477. The van der Waals surface area contributed by atoms with E-state index in [2.05, 4.69) is 5.32 Å². The van der Waals surface area contributed by atoms with Crippen LogP contribution in [-0.4, -0.2) is 41.8 Å². The summed E-state index contributed by atoms with van der Waals surface area (Å²) >= 11 is 0. The van der Waals surface area contributed by atoms with Crippen LogP contribution < -0.4 is 10.1 Å². The van der Waals surface area contributed by atoms with Crippen LogP contribution in [0.1, 0.15) is 16.8 Å². The number of aliphatic hydroxyl groups excluding tert-OH is 1. The van der Waals surface area contributed by atoms with Crippen LogP contribution in [0.25, 0.3) is 0 Å². The molecule has 0 saturated heterocycles. The first-order valence-electron chi connectivity index (χ1n) is 5.48. The first-order chi connectivity index (χ1) is 8.95. The Labute approximate surface area is 108 Å². The molecule has 1 aromatic rings. The first-order valence-corrected chi connectivity index (χ1v) is 5.48. The van der Waals surface area contributed by atoms with Crippen LogP contribution in [0.4, 0.5) is 4.39 Å². The fourth-order valence-corrected chi connectivity index (χ4v) is 1.35. The maximum Gasteiger partial charge on any atom is 0.332 e. The molecule has 0 aliphatic carbocycles. The zero-order valence-corrected chi connectivity index (χ0v) is 10.2. The molecule has 0 bridgehead atoms. The van der Waals surface area contributed by atoms with E-state index in [4.69, 9.17) is 14.9 Å². The Balaban J connectivity index is 2.56. The standard InChI is InChI=1S/C12H14FNO5/c1-19-10-6-7(2-3-8(10)13)11(16)14-5-4-9(15)12(17)18/h2-3,6,9,15H,4-5H2,1H3,(H,14,16)(H,17,18)/t9-/m0/s1. The van der Waals surface area contributed by atoms with Gasteiger partial charge in [-0.1, -0.05) is 0 Å². The van der Waals surface area contributed by atoms with Crippen LogP contribution in [0.3, 0.4) is 0 Å². The van der Waals surface area contributed by atoms with Crippen molar-refractivity contribution in [3.8, 4) is 5.75 Å². The van der Waals surface area contributed by atoms with Crippen LogP contribution in [0, 0.1) is 5.82 Å². The van der Waals surface area contributed by atoms with Gasteiger partial charge < -0.3 is 20.3 Å². The largest absolute Gasteiger partial charge is 0.494 e. The van der Waals surface area contributed by atoms with Gasteiger partial charge in [-0.2, -0.15) is 0 Å². The lowest BCUT2D eigenvalue weighted by molar-refractivity contribution is -0.146. The number of carboxylic acids is 1. The van der Waals surface area contributed by atoms with Gasteiger partial charge in [-0.15, -0.1) is 0 Å². The second-order valence-corrected chi connectivity index (χ2v) is 3.75. The van der Waals surface area contributed by atoms with Crippen molar-refractivity contribution in [2.24, 2.45) is 0 Å². The minimum absolute atomic E-state index is 0.00794. The predicted octanol–water partition coefficient (Wildman–Crippen LogP) is 0.400. The smallest absolute Gasteiger partial charge is 0.332 e. The molecule has 0 fully saturated rings. The summed E-state index contributed by atoms with van der Waals surface area (Å²) in [5.74, 6) is -2.49. The normalized spacial score (nSPS) is 11.7. The quantitative estimate of drug-likeness (QED) is 0.696. The maximum absolute atomic E-state index is 13.1. The fraction of sp³-hybridized carbons (Fsp3) is 0.333. The number of ether oxygens (including phenoxy) is 1. The van der Waals surface area contributed by atoms with Crippen molar-refractivity contribution in [1.82, 2.24) is 5.32 Å². The lowest BCUT2D eigenvalue weighted by Crippen LogP contribution is -2.30. The molecule has 0 spiro atoms. The molecular weight excluding hydrogens is 257 g/mol. The Morgan fingerprint density at radius 2 is 2.16 bits per heavy atom. The summed E-state index contributed by atoms with van der Waals surface area (Å²) in [5.41, 5.74) is 0.183. The minimum atomic E-state index is -1.52. The highest BCUT2D eigenvalue weighted by molar-refractivity contribution is 5.94. The molecule has 1 rings (SSSR count). The number of aliphatic hydroxyl groups is 1. The summed E-state index contributed by atoms with van der Waals surface area (Å²) in [6.45, 7) is -0.00794. The van der Waals surface area contributed by atoms with Crippen molar-refractivity contribution < 1.29 is 28.9 Å². The van der Waals surface area contributed by atoms with Gasteiger partial charge in [-0.3, -0.25) is 4.79 Å². The molecule has 1 aromatic carbocycles. The van der Waals surface area contributed by atoms with E-state index in [1.807, 2.05) is 0 Å². The second kappa shape index (κ2) is 6.69. The molecule has 0 radical (unpaired) electrons. The number of carboxylic acid groups (broad SMARTS) is 1. The van der Waals surface area contributed by atoms with Crippen molar-refractivity contribution in [2.45, 2.75) is 12.5 Å². The van der Waals surface area contributed by atoms with E-state index < -0.39 is 23.8 Å². The van der Waals surface area contributed by atoms with E-state index in [9.17, 15) is 14.0 Å². The average Bonchev–Trinajstić information content (AvgIpc) is 2.38. The Kier molecular flexibility index (Phi) is 5.25. The zero-order chi connectivity index (χ0) is 14.4. The SMILES string of the molecule is COc1cc(C(=O)NCC[C@H](O)C(=O)O)ccc1F. The molecule has 1 atom stereocenters. The van der Waals surface area contributed by atoms with Crippen molar-refractivity contribution in [3.05, 3.63) is 29.6 Å². The molecule has 0 aliphatic heterocycles. The highest BCUT2D eigenvalue weighted by Crippen LogP contribution is 2.17. The molecule has 0 unspecified atom stereocenters. The van der Waals surface area contributed by atoms with E-state index in [1.165, 1.54) is 19.2 Å². The number of carbonyl (C=O) groups is 2. The molecular formula is C12H14FNO5. The highest BCUT2D eigenvalue weighted by Gasteiger charge is 2.14. The van der Waals surface area contributed by atoms with Gasteiger partial charge in [0.1, 0.15) is 0 Å². The highest BCUT2D eigenvalue weighted by atomic mass is 19.1. The number of nitrogens with one attached hydrogen (secondary N) is 1. The van der Waals surface area contributed by atoms with Gasteiger partial charge in [-0.05, 0) is 18.2 Å². The van der Waals surface area contributed by atoms with Gasteiger partial charge in [0, 0.05) is 18.5 Å². The number of carbonyl (C=O) groups excluding carboxylic acids is 1. The Hall–Kier alpha value is -2.15. The molecule has 0 aliphatic rings. The molecule has 6 nitrogen and oxygen atoms in total. The molecule has 3 N–H and O–H groups in total. The van der Waals surface area contributed by atoms with E-state index in [-0.39, 0.29) is 24.3 Å². The maximum atomic E-state index is 13.1. The van der Waals surface area contributed by atoms with Crippen molar-refractivity contribution in [1.29, 1.82) is 0 Å². The van der Waals surface area contributed by atoms with Gasteiger partial charge in [0.05, 0.1) is 7.11 Å². The molecule has 1 amide bonds. The number of halogens is 1. The van der Waals surface area contributed by atoms with E-state index >= 15 is 0 Å². The summed E-state index contributed by atoms with van der Waals surface area (Å²) in [7, 11) is 1.28. The lowest BCUT2D eigenvalue weighted by atomic mass is 10.2. The lowest BCUT2D eigenvalue weighted by Gasteiger charge is -2.08. The Morgan fingerprint density at radius 3 is 2.74 bits per heavy atom. The summed E-state index contributed by atoms with van der Waals surface area (Å²) in [6.07, 6.45) is -1.64. The van der Waals surface area contributed by atoms with E-state index in [0.717, 1.165) is 6.07 Å². The van der Waals surface area contributed by atoms with Crippen LogP contribution in [0.15, 0.2) is 18.2 Å². The number of aliphatic carboxylic acids is 1. The van der Waals surface area contributed by atoms with Gasteiger partial charge in [0.25, 0.3) is 5.91 Å². The number of benzene rings is 1. The third-order valence-electron chi connectivity index (χ3n) is 2.40. The van der Waals surface area contributed by atoms with Crippen molar-refractivity contribution in [3.63, 3.8) is 0 Å². The minimum Gasteiger partial charge on any atom is -0.494 e. The fourth-order valence-electron chi connectivity index (χ4n) is 1.35. The first kappa shape index (κ1) is 14.9. The molecule has 19 heavy (non-hydrogen) atoms. The van der Waals surface area contributed by atoms with Crippen LogP contribution in [-0.2, 0) is 4.79 Å². The predicted molar refractivity (Wildman–Crippen MR) is 63.5 cm³/mol. The van der Waals surface area contributed by atoms with Crippen molar-refractivity contribution in [2.75, 3.05) is 13.7 Å². The summed E-state index contributed by atoms with van der Waals surface area (Å²) in [4.78, 5) is 22.0. The monoisotopic (exact) mass is 271 g/mol. The molecule has 7 heteroatoms. The van der Waals surface area contributed by atoms with Gasteiger partial charge in [0.15, 0.2) is 17.7 Å². The Morgan fingerprint density at radius 1 is 1.47 bits per heavy atom. The van der Waals surface area contributed by atoms with E-state index in [0.29, 0.717) is 0 Å². The van der Waals surface area contributed by atoms with Crippen LogP contribution in [0.5, 0.6) is 5.75 Å². The topological polar surface area (TPSA) is 95.9 Å². The van der Waals surface area contributed by atoms with Crippen molar-refractivity contribution >= 4 is 11.9 Å². The molecule has 0 aromatic heterocycles. The number of methoxy groups -OCH3 is 1. The molecule has 0 saturated carbocycles. The summed E-state index contributed by atoms with van der Waals surface area (Å²) < 4.78 is 17.9. The number of hydrogen-bond acceptors (Lipinski definition) is 4. The number of amides is 1. The van der Waals surface area contributed by atoms with Gasteiger partial charge in [-0.25, -0.2) is 9.18 Å². The average molecular weight is 271 g/mol. The van der Waals surface area contributed by atoms with Crippen LogP contribution in [0.2, 0.25) is 0 Å². The van der Waals surface area contributed by atoms with Gasteiger partial charge in [0.2, 0.25) is 0 Å². The zero-order valence-electron chi connectivity index (χ0n) is 10.2. The molecule has 104 valence electrons. The summed E-state index contributed by atoms with van der Waals surface area (Å²) in [5, 5.41) is 19.9. The van der Waals surface area contributed by atoms with E-state index in [1.54, 1.807) is 0 Å². The molecule has 0 heterocycles. The third-order valence-corrected chi connectivity index (χ3v) is 2.40. The van der Waals surface area contributed by atoms with Crippen LogP contribution >= 0.6 is 0 Å².